The van der Waals surface area contributed by atoms with Gasteiger partial charge in [0.1, 0.15) is 0 Å². The van der Waals surface area contributed by atoms with Gasteiger partial charge in [-0.25, -0.2) is 0 Å². The molecule has 1 aromatic carbocycles. The lowest BCUT2D eigenvalue weighted by Crippen LogP contribution is -2.50. The fraction of sp³-hybridized carbons (Fsp3) is 0.619. The maximum absolute atomic E-state index is 12.7. The highest BCUT2D eigenvalue weighted by atomic mass is 32.2. The standard InChI is InChI=1S/C21H29N3O4S/c25-19(15-24-7-2-1-6-18(24)21-27-10-11-28-21)22-17-5-3-4-16(14-17)20(26)23-8-12-29-13-9-23/h3-5,14,18,21H,1-2,6-13,15H2,(H,22,25). The third kappa shape index (κ3) is 5.31. The van der Waals surface area contributed by atoms with Crippen LogP contribution in [-0.2, 0) is 14.3 Å². The Morgan fingerprint density at radius 1 is 1.10 bits per heavy atom. The first kappa shape index (κ1) is 20.7. The number of rotatable bonds is 5. The van der Waals surface area contributed by atoms with Crippen LogP contribution in [0, 0.1) is 0 Å². The average Bonchev–Trinajstić information content (AvgIpc) is 3.29. The molecule has 3 saturated heterocycles. The van der Waals surface area contributed by atoms with Crippen molar-refractivity contribution in [2.75, 3.05) is 56.2 Å². The van der Waals surface area contributed by atoms with Crippen molar-refractivity contribution in [3.63, 3.8) is 0 Å². The number of nitrogens with zero attached hydrogens (tertiary/aromatic N) is 2. The van der Waals surface area contributed by atoms with Gasteiger partial charge in [-0.15, -0.1) is 0 Å². The molecular weight excluding hydrogens is 390 g/mol. The van der Waals surface area contributed by atoms with Gasteiger partial charge in [0.05, 0.1) is 25.8 Å². The summed E-state index contributed by atoms with van der Waals surface area (Å²) in [6.45, 7) is 3.97. The van der Waals surface area contributed by atoms with E-state index in [1.807, 2.05) is 34.9 Å². The number of nitrogens with one attached hydrogen (secondary N) is 1. The third-order valence-corrected chi connectivity index (χ3v) is 6.61. The Labute approximate surface area is 176 Å². The fourth-order valence-electron chi connectivity index (χ4n) is 4.18. The highest BCUT2D eigenvalue weighted by Crippen LogP contribution is 2.24. The van der Waals surface area contributed by atoms with Crippen molar-refractivity contribution in [1.29, 1.82) is 0 Å². The summed E-state index contributed by atoms with van der Waals surface area (Å²) < 4.78 is 11.4. The van der Waals surface area contributed by atoms with Crippen molar-refractivity contribution in [3.05, 3.63) is 29.8 Å². The van der Waals surface area contributed by atoms with Crippen LogP contribution >= 0.6 is 11.8 Å². The summed E-state index contributed by atoms with van der Waals surface area (Å²) in [4.78, 5) is 29.5. The van der Waals surface area contributed by atoms with E-state index >= 15 is 0 Å². The normalized spacial score (nSPS) is 23.9. The molecule has 1 unspecified atom stereocenters. The second-order valence-corrected chi connectivity index (χ2v) is 8.90. The van der Waals surface area contributed by atoms with Crippen molar-refractivity contribution < 1.29 is 19.1 Å². The first-order valence-electron chi connectivity index (χ1n) is 10.4. The van der Waals surface area contributed by atoms with Crippen molar-refractivity contribution >= 4 is 29.3 Å². The van der Waals surface area contributed by atoms with Crippen LogP contribution in [0.3, 0.4) is 0 Å². The van der Waals surface area contributed by atoms with Gasteiger partial charge in [0, 0.05) is 35.8 Å². The van der Waals surface area contributed by atoms with Crippen LogP contribution in [0.25, 0.3) is 0 Å². The first-order chi connectivity index (χ1) is 14.2. The second-order valence-electron chi connectivity index (χ2n) is 7.68. The van der Waals surface area contributed by atoms with Crippen LogP contribution in [0.2, 0.25) is 0 Å². The van der Waals surface area contributed by atoms with E-state index in [2.05, 4.69) is 10.2 Å². The fourth-order valence-corrected chi connectivity index (χ4v) is 5.09. The summed E-state index contributed by atoms with van der Waals surface area (Å²) in [5.41, 5.74) is 1.28. The molecule has 4 rings (SSSR count). The molecule has 1 N–H and O–H groups in total. The largest absolute Gasteiger partial charge is 0.349 e. The Bertz CT molecular complexity index is 720. The number of hydrogen-bond donors (Lipinski definition) is 1. The smallest absolute Gasteiger partial charge is 0.253 e. The zero-order chi connectivity index (χ0) is 20.1. The van der Waals surface area contributed by atoms with E-state index in [4.69, 9.17) is 9.47 Å². The first-order valence-corrected chi connectivity index (χ1v) is 11.6. The van der Waals surface area contributed by atoms with Gasteiger partial charge in [-0.05, 0) is 37.6 Å². The lowest BCUT2D eigenvalue weighted by molar-refractivity contribution is -0.127. The van der Waals surface area contributed by atoms with Crippen LogP contribution in [0.15, 0.2) is 24.3 Å². The number of hydrogen-bond acceptors (Lipinski definition) is 6. The van der Waals surface area contributed by atoms with E-state index in [9.17, 15) is 9.59 Å². The van der Waals surface area contributed by atoms with E-state index in [-0.39, 0.29) is 24.1 Å². The van der Waals surface area contributed by atoms with Gasteiger partial charge >= 0.3 is 0 Å². The third-order valence-electron chi connectivity index (χ3n) is 5.66. The highest BCUT2D eigenvalue weighted by Gasteiger charge is 2.34. The molecule has 29 heavy (non-hydrogen) atoms. The predicted octanol–water partition coefficient (Wildman–Crippen LogP) is 2.04. The molecule has 3 fully saturated rings. The van der Waals surface area contributed by atoms with E-state index in [1.54, 1.807) is 6.07 Å². The minimum atomic E-state index is -0.230. The molecule has 0 aromatic heterocycles. The number of likely N-dealkylation sites (tertiary alicyclic amines) is 1. The molecule has 158 valence electrons. The van der Waals surface area contributed by atoms with Crippen LogP contribution in [0.4, 0.5) is 5.69 Å². The lowest BCUT2D eigenvalue weighted by atomic mass is 10.0. The zero-order valence-electron chi connectivity index (χ0n) is 16.7. The molecule has 1 atom stereocenters. The lowest BCUT2D eigenvalue weighted by Gasteiger charge is -2.37. The van der Waals surface area contributed by atoms with E-state index in [1.165, 1.54) is 0 Å². The number of carbonyl (C=O) groups is 2. The number of benzene rings is 1. The molecule has 7 nitrogen and oxygen atoms in total. The number of piperidine rings is 1. The van der Waals surface area contributed by atoms with Gasteiger partial charge in [0.25, 0.3) is 5.91 Å². The minimum absolute atomic E-state index is 0.0352. The second kappa shape index (κ2) is 9.93. The van der Waals surface area contributed by atoms with Gasteiger partial charge in [-0.1, -0.05) is 12.5 Å². The van der Waals surface area contributed by atoms with E-state index in [0.29, 0.717) is 31.0 Å². The molecule has 2 amide bonds. The van der Waals surface area contributed by atoms with Gasteiger partial charge < -0.3 is 19.7 Å². The van der Waals surface area contributed by atoms with Crippen molar-refractivity contribution in [2.24, 2.45) is 0 Å². The summed E-state index contributed by atoms with van der Waals surface area (Å²) >= 11 is 1.88. The van der Waals surface area contributed by atoms with E-state index in [0.717, 1.165) is 50.4 Å². The zero-order valence-corrected chi connectivity index (χ0v) is 17.5. The summed E-state index contributed by atoms with van der Waals surface area (Å²) in [5, 5.41) is 2.96. The molecular formula is C21H29N3O4S. The Balaban J connectivity index is 1.35. The average molecular weight is 420 g/mol. The van der Waals surface area contributed by atoms with Gasteiger partial charge in [-0.3, -0.25) is 14.5 Å². The summed E-state index contributed by atoms with van der Waals surface area (Å²) in [5.74, 6) is 1.92. The number of anilines is 1. The highest BCUT2D eigenvalue weighted by molar-refractivity contribution is 7.99. The molecule has 0 radical (unpaired) electrons. The van der Waals surface area contributed by atoms with Crippen LogP contribution in [0.5, 0.6) is 0 Å². The van der Waals surface area contributed by atoms with Crippen LogP contribution < -0.4 is 5.32 Å². The topological polar surface area (TPSA) is 71.1 Å². The van der Waals surface area contributed by atoms with Crippen molar-refractivity contribution in [3.8, 4) is 0 Å². The number of carbonyl (C=O) groups excluding carboxylic acids is 2. The monoisotopic (exact) mass is 419 g/mol. The molecule has 1 aromatic rings. The Morgan fingerprint density at radius 3 is 2.69 bits per heavy atom. The molecule has 0 bridgehead atoms. The SMILES string of the molecule is O=C(CN1CCCCC1C1OCCO1)Nc1cccc(C(=O)N2CCSCC2)c1. The predicted molar refractivity (Wildman–Crippen MR) is 113 cm³/mol. The molecule has 0 aliphatic carbocycles. The minimum Gasteiger partial charge on any atom is -0.349 e. The summed E-state index contributed by atoms with van der Waals surface area (Å²) in [6.07, 6.45) is 2.96. The molecule has 0 spiro atoms. The van der Waals surface area contributed by atoms with Crippen LogP contribution in [0.1, 0.15) is 29.6 Å². The Hall–Kier alpha value is -1.61. The molecule has 8 heteroatoms. The summed E-state index contributed by atoms with van der Waals surface area (Å²) in [7, 11) is 0. The molecule has 3 aliphatic heterocycles. The number of ether oxygens (including phenoxy) is 2. The van der Waals surface area contributed by atoms with Gasteiger partial charge in [0.15, 0.2) is 6.29 Å². The molecule has 0 saturated carbocycles. The van der Waals surface area contributed by atoms with Gasteiger partial charge in [-0.2, -0.15) is 11.8 Å². The van der Waals surface area contributed by atoms with Crippen molar-refractivity contribution in [2.45, 2.75) is 31.6 Å². The summed E-state index contributed by atoms with van der Waals surface area (Å²) in [6, 6.07) is 7.37. The van der Waals surface area contributed by atoms with Gasteiger partial charge in [0.2, 0.25) is 5.91 Å². The molecule has 3 heterocycles. The maximum atomic E-state index is 12.7. The maximum Gasteiger partial charge on any atom is 0.253 e. The quantitative estimate of drug-likeness (QED) is 0.788. The number of thioether (sulfide) groups is 1. The van der Waals surface area contributed by atoms with Crippen LogP contribution in [-0.4, -0.2) is 84.8 Å². The Kier molecular flexibility index (Phi) is 7.07. The molecule has 3 aliphatic rings. The number of amides is 2. The Morgan fingerprint density at radius 2 is 1.90 bits per heavy atom. The van der Waals surface area contributed by atoms with E-state index < -0.39 is 0 Å². The van der Waals surface area contributed by atoms with Crippen molar-refractivity contribution in [1.82, 2.24) is 9.80 Å².